The minimum Gasteiger partial charge on any atom is -0.450 e. The van der Waals surface area contributed by atoms with Crippen LogP contribution in [0.3, 0.4) is 0 Å². The molecule has 0 aromatic heterocycles. The molecular formula is C25H34Cl2N4O4. The summed E-state index contributed by atoms with van der Waals surface area (Å²) in [7, 11) is 0. The van der Waals surface area contributed by atoms with Crippen molar-refractivity contribution in [2.45, 2.75) is 38.6 Å². The minimum atomic E-state index is -0.344. The molecule has 10 heteroatoms. The maximum absolute atomic E-state index is 12.6. The van der Waals surface area contributed by atoms with Gasteiger partial charge in [0.05, 0.1) is 16.7 Å². The van der Waals surface area contributed by atoms with Gasteiger partial charge in [0.2, 0.25) is 11.8 Å². The first-order valence-electron chi connectivity index (χ1n) is 12.2. The number of hydrogen-bond donors (Lipinski definition) is 1. The molecule has 35 heavy (non-hydrogen) atoms. The van der Waals surface area contributed by atoms with E-state index in [1.54, 1.807) is 36.1 Å². The Kier molecular flexibility index (Phi) is 10.7. The van der Waals surface area contributed by atoms with Gasteiger partial charge in [-0.3, -0.25) is 9.59 Å². The molecular weight excluding hydrogens is 491 g/mol. The van der Waals surface area contributed by atoms with Gasteiger partial charge in [-0.1, -0.05) is 29.3 Å². The van der Waals surface area contributed by atoms with Gasteiger partial charge in [-0.25, -0.2) is 4.79 Å². The fraction of sp³-hybridized carbons (Fsp3) is 0.560. The number of ether oxygens (including phenoxy) is 1. The van der Waals surface area contributed by atoms with Crippen LogP contribution >= 0.6 is 23.2 Å². The number of nitrogens with zero attached hydrogens (tertiary/aromatic N) is 3. The number of benzene rings is 1. The van der Waals surface area contributed by atoms with E-state index in [1.165, 1.54) is 6.08 Å². The molecule has 2 aliphatic rings. The van der Waals surface area contributed by atoms with Gasteiger partial charge in [0.25, 0.3) is 0 Å². The Bertz CT molecular complexity index is 919. The quantitative estimate of drug-likeness (QED) is 0.524. The number of halogens is 2. The molecule has 0 radical (unpaired) electrons. The summed E-state index contributed by atoms with van der Waals surface area (Å²) in [5.41, 5.74) is 0.793. The molecule has 0 bridgehead atoms. The van der Waals surface area contributed by atoms with Crippen LogP contribution in [0.1, 0.15) is 38.2 Å². The van der Waals surface area contributed by atoms with Crippen LogP contribution in [0.2, 0.25) is 10.0 Å². The van der Waals surface area contributed by atoms with Crippen LogP contribution in [0.25, 0.3) is 6.08 Å². The molecule has 8 nitrogen and oxygen atoms in total. The molecule has 3 rings (SSSR count). The third kappa shape index (κ3) is 8.70. The van der Waals surface area contributed by atoms with Gasteiger partial charge in [-0.2, -0.15) is 0 Å². The van der Waals surface area contributed by atoms with E-state index < -0.39 is 0 Å². The van der Waals surface area contributed by atoms with E-state index in [0.717, 1.165) is 44.5 Å². The van der Waals surface area contributed by atoms with Gasteiger partial charge in [-0.15, -0.1) is 0 Å². The maximum Gasteiger partial charge on any atom is 0.407 e. The molecule has 0 spiro atoms. The van der Waals surface area contributed by atoms with Gasteiger partial charge in [0.1, 0.15) is 0 Å². The smallest absolute Gasteiger partial charge is 0.407 e. The van der Waals surface area contributed by atoms with E-state index in [0.29, 0.717) is 49.3 Å². The molecule has 0 aliphatic carbocycles. The highest BCUT2D eigenvalue weighted by molar-refractivity contribution is 6.42. The van der Waals surface area contributed by atoms with Crippen molar-refractivity contribution in [1.29, 1.82) is 0 Å². The topological polar surface area (TPSA) is 82.2 Å². The maximum atomic E-state index is 12.6. The SMILES string of the molecule is CCOC(=O)NC1CCN(CCCN2CCN(C(=O)C=Cc3ccc(Cl)c(Cl)c3)CCC2=O)CC1. The molecule has 2 fully saturated rings. The average Bonchev–Trinajstić information content (AvgIpc) is 3.02. The second-order valence-corrected chi connectivity index (χ2v) is 9.61. The predicted molar refractivity (Wildman–Crippen MR) is 138 cm³/mol. The lowest BCUT2D eigenvalue weighted by atomic mass is 10.1. The molecule has 0 saturated carbocycles. The van der Waals surface area contributed by atoms with Crippen LogP contribution in [-0.4, -0.2) is 91.1 Å². The van der Waals surface area contributed by atoms with Crippen molar-refractivity contribution in [3.8, 4) is 0 Å². The molecule has 3 amide bonds. The molecule has 0 atom stereocenters. The highest BCUT2D eigenvalue weighted by Crippen LogP contribution is 2.23. The van der Waals surface area contributed by atoms with Crippen molar-refractivity contribution in [3.05, 3.63) is 39.9 Å². The third-order valence-corrected chi connectivity index (χ3v) is 7.09. The molecule has 2 aliphatic heterocycles. The number of likely N-dealkylation sites (tertiary alicyclic amines) is 1. The average molecular weight is 525 g/mol. The largest absolute Gasteiger partial charge is 0.450 e. The summed E-state index contributed by atoms with van der Waals surface area (Å²) in [5.74, 6) is -0.0314. The number of hydrogen-bond acceptors (Lipinski definition) is 5. The Morgan fingerprint density at radius 3 is 2.57 bits per heavy atom. The van der Waals surface area contributed by atoms with Crippen molar-refractivity contribution in [2.75, 3.05) is 52.4 Å². The number of alkyl carbamates (subject to hydrolysis) is 1. The minimum absolute atomic E-state index is 0.0890. The number of carbonyl (C=O) groups is 3. The van der Waals surface area contributed by atoms with Crippen LogP contribution in [0, 0.1) is 0 Å². The van der Waals surface area contributed by atoms with Crippen molar-refractivity contribution in [2.24, 2.45) is 0 Å². The number of nitrogens with one attached hydrogen (secondary N) is 1. The normalized spacial score (nSPS) is 18.1. The highest BCUT2D eigenvalue weighted by atomic mass is 35.5. The van der Waals surface area contributed by atoms with Crippen LogP contribution in [-0.2, 0) is 14.3 Å². The van der Waals surface area contributed by atoms with Crippen molar-refractivity contribution in [1.82, 2.24) is 20.0 Å². The van der Waals surface area contributed by atoms with E-state index in [-0.39, 0.29) is 23.9 Å². The van der Waals surface area contributed by atoms with Crippen molar-refractivity contribution in [3.63, 3.8) is 0 Å². The molecule has 1 aromatic carbocycles. The summed E-state index contributed by atoms with van der Waals surface area (Å²) < 4.78 is 4.95. The zero-order valence-corrected chi connectivity index (χ0v) is 21.7. The van der Waals surface area contributed by atoms with Crippen molar-refractivity contribution < 1.29 is 19.1 Å². The lowest BCUT2D eigenvalue weighted by molar-refractivity contribution is -0.130. The van der Waals surface area contributed by atoms with Gasteiger partial charge >= 0.3 is 6.09 Å². The lowest BCUT2D eigenvalue weighted by Gasteiger charge is -2.32. The Labute approximate surface area is 217 Å². The highest BCUT2D eigenvalue weighted by Gasteiger charge is 2.24. The van der Waals surface area contributed by atoms with Gasteiger partial charge in [0.15, 0.2) is 0 Å². The monoisotopic (exact) mass is 524 g/mol. The third-order valence-electron chi connectivity index (χ3n) is 6.35. The first-order valence-corrected chi connectivity index (χ1v) is 13.0. The number of amides is 3. The zero-order valence-electron chi connectivity index (χ0n) is 20.2. The van der Waals surface area contributed by atoms with E-state index >= 15 is 0 Å². The lowest BCUT2D eigenvalue weighted by Crippen LogP contribution is -2.45. The first kappa shape index (κ1) is 27.3. The molecule has 2 saturated heterocycles. The zero-order chi connectivity index (χ0) is 25.2. The van der Waals surface area contributed by atoms with E-state index in [1.807, 2.05) is 4.90 Å². The number of carbonyl (C=O) groups excluding carboxylic acids is 3. The predicted octanol–water partition coefficient (Wildman–Crippen LogP) is 3.67. The van der Waals surface area contributed by atoms with Gasteiger partial charge < -0.3 is 24.8 Å². The van der Waals surface area contributed by atoms with Crippen LogP contribution in [0.4, 0.5) is 4.79 Å². The Morgan fingerprint density at radius 1 is 1.09 bits per heavy atom. The standard InChI is InChI=1S/C25H34Cl2N4O4/c1-2-35-25(34)28-20-8-13-29(14-9-20)11-3-12-30-16-17-31(15-10-24(30)33)23(32)7-5-19-4-6-21(26)22(27)18-19/h4-7,18,20H,2-3,8-17H2,1H3,(H,28,34). The number of piperidine rings is 1. The summed E-state index contributed by atoms with van der Waals surface area (Å²) in [6.45, 7) is 7.06. The summed E-state index contributed by atoms with van der Waals surface area (Å²) >= 11 is 12.0. The molecule has 1 N–H and O–H groups in total. The van der Waals surface area contributed by atoms with Crippen molar-refractivity contribution >= 4 is 47.2 Å². The van der Waals surface area contributed by atoms with Crippen LogP contribution < -0.4 is 5.32 Å². The molecule has 0 unspecified atom stereocenters. The fourth-order valence-corrected chi connectivity index (χ4v) is 4.64. The summed E-state index contributed by atoms with van der Waals surface area (Å²) in [6.07, 6.45) is 5.89. The molecule has 2 heterocycles. The second-order valence-electron chi connectivity index (χ2n) is 8.80. The fourth-order valence-electron chi connectivity index (χ4n) is 4.34. The summed E-state index contributed by atoms with van der Waals surface area (Å²) in [4.78, 5) is 42.8. The Morgan fingerprint density at radius 2 is 1.86 bits per heavy atom. The van der Waals surface area contributed by atoms with Gasteiger partial charge in [0, 0.05) is 57.8 Å². The first-order chi connectivity index (χ1) is 16.9. The summed E-state index contributed by atoms with van der Waals surface area (Å²) in [6, 6.07) is 5.36. The molecule has 192 valence electrons. The summed E-state index contributed by atoms with van der Waals surface area (Å²) in [5, 5.41) is 3.82. The number of rotatable bonds is 8. The van der Waals surface area contributed by atoms with E-state index in [2.05, 4.69) is 10.2 Å². The molecule has 1 aromatic rings. The van der Waals surface area contributed by atoms with E-state index in [4.69, 9.17) is 27.9 Å². The van der Waals surface area contributed by atoms with Crippen LogP contribution in [0.15, 0.2) is 24.3 Å². The second kappa shape index (κ2) is 13.7. The van der Waals surface area contributed by atoms with Gasteiger partial charge in [-0.05, 0) is 56.5 Å². The Balaban J connectivity index is 1.38. The Hall–Kier alpha value is -2.29. The van der Waals surface area contributed by atoms with Crippen LogP contribution in [0.5, 0.6) is 0 Å². The van der Waals surface area contributed by atoms with E-state index in [9.17, 15) is 14.4 Å².